The van der Waals surface area contributed by atoms with E-state index >= 15 is 0 Å². The summed E-state index contributed by atoms with van der Waals surface area (Å²) in [4.78, 5) is 10.0. The molecule has 0 fully saturated rings. The molecule has 23 heavy (non-hydrogen) atoms. The lowest BCUT2D eigenvalue weighted by Gasteiger charge is -2.21. The van der Waals surface area contributed by atoms with Crippen molar-refractivity contribution >= 4 is 23.6 Å². The van der Waals surface area contributed by atoms with Crippen LogP contribution in [0.1, 0.15) is 25.1 Å². The van der Waals surface area contributed by atoms with Crippen molar-refractivity contribution in [1.29, 1.82) is 0 Å². The van der Waals surface area contributed by atoms with Crippen LogP contribution in [0.5, 0.6) is 5.88 Å². The summed E-state index contributed by atoms with van der Waals surface area (Å²) < 4.78 is 8.31. The van der Waals surface area contributed by atoms with Gasteiger partial charge in [-0.2, -0.15) is 0 Å². The topological polar surface area (TPSA) is 58.5 Å². The van der Waals surface area contributed by atoms with E-state index in [1.165, 1.54) is 10.5 Å². The van der Waals surface area contributed by atoms with E-state index in [2.05, 4.69) is 39.1 Å². The van der Waals surface area contributed by atoms with Gasteiger partial charge in [0.05, 0.1) is 29.9 Å². The Bertz CT molecular complexity index is 688. The zero-order valence-corrected chi connectivity index (χ0v) is 14.7. The van der Waals surface area contributed by atoms with Gasteiger partial charge in [0.2, 0.25) is 11.8 Å². The number of fused-ring (bicyclic) bond motifs is 1. The quantitative estimate of drug-likeness (QED) is 0.833. The van der Waals surface area contributed by atoms with Crippen LogP contribution in [-0.2, 0) is 6.54 Å². The summed E-state index contributed by atoms with van der Waals surface area (Å²) in [5.74, 6) is 1.35. The molecule has 2 N–H and O–H groups in total. The molecule has 0 amide bonds. The van der Waals surface area contributed by atoms with Crippen molar-refractivity contribution in [2.24, 2.45) is 4.99 Å². The Morgan fingerprint density at radius 2 is 1.96 bits per heavy atom. The smallest absolute Gasteiger partial charge is 0.213 e. The monoisotopic (exact) mass is 330 g/mol. The molecule has 0 saturated heterocycles. The number of nitrogens with one attached hydrogen (secondary N) is 2. The van der Waals surface area contributed by atoms with Crippen molar-refractivity contribution in [1.82, 2.24) is 9.71 Å². The number of aromatic nitrogens is 1. The second kappa shape index (κ2) is 8.43. The first-order valence-electron chi connectivity index (χ1n) is 7.60. The van der Waals surface area contributed by atoms with Crippen LogP contribution in [0.4, 0.5) is 5.69 Å². The van der Waals surface area contributed by atoms with Crippen LogP contribution in [-0.4, -0.2) is 18.1 Å². The molecular weight excluding hydrogens is 308 g/mol. The van der Waals surface area contributed by atoms with Crippen molar-refractivity contribution in [3.63, 3.8) is 0 Å². The Morgan fingerprint density at radius 3 is 2.74 bits per heavy atom. The summed E-state index contributed by atoms with van der Waals surface area (Å²) in [5, 5.41) is 3.32. The van der Waals surface area contributed by atoms with Crippen molar-refractivity contribution < 1.29 is 4.74 Å². The fourth-order valence-corrected chi connectivity index (χ4v) is 2.81. The number of ether oxygens (including phenoxy) is 1. The third kappa shape index (κ3) is 4.39. The number of nitrogens with zero attached hydrogens (tertiary/aromatic N) is 2. The standard InChI is InChI=1S/C15H16N4OS.C2H6/c1-10-5-3-7-12-14(10)18-15(19-21-12)16-9-11-6-4-8-13(17-11)20-2;1-2/h3-8H,9H2,1-2H3,(H2,16,18,19);1-2H3. The fourth-order valence-electron chi connectivity index (χ4n) is 2.02. The maximum Gasteiger partial charge on any atom is 0.213 e. The second-order valence-electron chi connectivity index (χ2n) is 4.61. The van der Waals surface area contributed by atoms with Gasteiger partial charge < -0.3 is 10.1 Å². The van der Waals surface area contributed by atoms with Crippen LogP contribution in [0.2, 0.25) is 0 Å². The number of hydrogen-bond acceptors (Lipinski definition) is 4. The number of anilines is 1. The first kappa shape index (κ1) is 17.1. The molecule has 0 bridgehead atoms. The Balaban J connectivity index is 0.000000924. The van der Waals surface area contributed by atoms with Crippen LogP contribution in [0.25, 0.3) is 0 Å². The lowest BCUT2D eigenvalue weighted by Crippen LogP contribution is -2.29. The number of rotatable bonds is 3. The fraction of sp³-hybridized carbons (Fsp3) is 0.294. The molecule has 3 rings (SSSR count). The largest absolute Gasteiger partial charge is 0.481 e. The van der Waals surface area contributed by atoms with E-state index in [1.807, 2.05) is 38.1 Å². The molecule has 2 aromatic rings. The summed E-state index contributed by atoms with van der Waals surface area (Å²) in [5.41, 5.74) is 3.18. The highest BCUT2D eigenvalue weighted by molar-refractivity contribution is 7.98. The molecule has 5 nitrogen and oxygen atoms in total. The predicted octanol–water partition coefficient (Wildman–Crippen LogP) is 4.00. The van der Waals surface area contributed by atoms with Gasteiger partial charge in [-0.15, -0.1) is 0 Å². The highest BCUT2D eigenvalue weighted by Gasteiger charge is 2.14. The Kier molecular flexibility index (Phi) is 6.29. The molecule has 2 heterocycles. The summed E-state index contributed by atoms with van der Waals surface area (Å²) in [6, 6.07) is 11.9. The van der Waals surface area contributed by atoms with E-state index < -0.39 is 0 Å². The highest BCUT2D eigenvalue weighted by atomic mass is 32.2. The van der Waals surface area contributed by atoms with Crippen molar-refractivity contribution in [2.45, 2.75) is 32.2 Å². The summed E-state index contributed by atoms with van der Waals surface area (Å²) >= 11 is 1.57. The van der Waals surface area contributed by atoms with Crippen LogP contribution in [0.15, 0.2) is 46.3 Å². The minimum absolute atomic E-state index is 0.494. The Labute approximate surface area is 141 Å². The second-order valence-corrected chi connectivity index (χ2v) is 5.46. The van der Waals surface area contributed by atoms with Gasteiger partial charge in [0.15, 0.2) is 0 Å². The number of hydrogen-bond donors (Lipinski definition) is 2. The molecule has 1 aliphatic rings. The molecule has 6 heteroatoms. The molecule has 0 saturated carbocycles. The number of guanidine groups is 1. The molecule has 122 valence electrons. The zero-order chi connectivity index (χ0) is 16.7. The Morgan fingerprint density at radius 1 is 1.17 bits per heavy atom. The molecule has 1 aliphatic heterocycles. The van der Waals surface area contributed by atoms with Gasteiger partial charge in [-0.25, -0.2) is 9.98 Å². The summed E-state index contributed by atoms with van der Waals surface area (Å²) in [6.45, 7) is 6.58. The van der Waals surface area contributed by atoms with E-state index in [0.717, 1.165) is 17.3 Å². The molecule has 0 unspecified atom stereocenters. The lowest BCUT2D eigenvalue weighted by molar-refractivity contribution is 0.396. The summed E-state index contributed by atoms with van der Waals surface area (Å²) in [6.07, 6.45) is 0. The lowest BCUT2D eigenvalue weighted by atomic mass is 10.2. The zero-order valence-electron chi connectivity index (χ0n) is 13.9. The van der Waals surface area contributed by atoms with Crippen molar-refractivity contribution in [3.05, 3.63) is 47.7 Å². The summed E-state index contributed by atoms with van der Waals surface area (Å²) in [7, 11) is 1.61. The normalized spacial score (nSPS) is 14.0. The van der Waals surface area contributed by atoms with E-state index in [9.17, 15) is 0 Å². The van der Waals surface area contributed by atoms with Crippen LogP contribution in [0, 0.1) is 6.92 Å². The van der Waals surface area contributed by atoms with Gasteiger partial charge in [-0.05, 0) is 36.6 Å². The molecule has 0 radical (unpaired) electrons. The van der Waals surface area contributed by atoms with Crippen molar-refractivity contribution in [3.8, 4) is 5.88 Å². The minimum Gasteiger partial charge on any atom is -0.481 e. The number of aliphatic imine (C=N–C) groups is 1. The van der Waals surface area contributed by atoms with Gasteiger partial charge in [-0.3, -0.25) is 4.72 Å². The first-order valence-corrected chi connectivity index (χ1v) is 8.42. The molecule has 1 aromatic heterocycles. The minimum atomic E-state index is 0.494. The average molecular weight is 330 g/mol. The number of para-hydroxylation sites is 1. The SMILES string of the molecule is CC.COc1cccc(CN=C2NSc3cccc(C)c3N2)n1. The van der Waals surface area contributed by atoms with Crippen LogP contribution >= 0.6 is 11.9 Å². The van der Waals surface area contributed by atoms with Crippen molar-refractivity contribution in [2.75, 3.05) is 12.4 Å². The molecule has 1 aromatic carbocycles. The molecule has 0 spiro atoms. The average Bonchev–Trinajstić information content (AvgIpc) is 2.62. The third-order valence-electron chi connectivity index (χ3n) is 3.13. The molecular formula is C17H22N4OS. The maximum atomic E-state index is 5.11. The van der Waals surface area contributed by atoms with Crippen LogP contribution in [0.3, 0.4) is 0 Å². The van der Waals surface area contributed by atoms with Gasteiger partial charge in [0, 0.05) is 6.07 Å². The number of aryl methyl sites for hydroxylation is 1. The van der Waals surface area contributed by atoms with E-state index in [4.69, 9.17) is 4.74 Å². The Hall–Kier alpha value is -2.21. The number of benzene rings is 1. The predicted molar refractivity (Wildman–Crippen MR) is 97.1 cm³/mol. The first-order chi connectivity index (χ1) is 11.3. The molecule has 0 aliphatic carbocycles. The third-order valence-corrected chi connectivity index (χ3v) is 3.98. The van der Waals surface area contributed by atoms with Gasteiger partial charge in [0.1, 0.15) is 0 Å². The van der Waals surface area contributed by atoms with E-state index in [1.54, 1.807) is 19.1 Å². The van der Waals surface area contributed by atoms with E-state index in [-0.39, 0.29) is 0 Å². The van der Waals surface area contributed by atoms with E-state index in [0.29, 0.717) is 12.4 Å². The van der Waals surface area contributed by atoms with Gasteiger partial charge >= 0.3 is 0 Å². The van der Waals surface area contributed by atoms with Gasteiger partial charge in [0.25, 0.3) is 0 Å². The molecule has 0 atom stereocenters. The van der Waals surface area contributed by atoms with Crippen LogP contribution < -0.4 is 14.8 Å². The van der Waals surface area contributed by atoms with Gasteiger partial charge in [-0.1, -0.05) is 32.0 Å². The maximum absolute atomic E-state index is 5.11. The number of methoxy groups -OCH3 is 1. The number of pyridine rings is 1. The highest BCUT2D eigenvalue weighted by Crippen LogP contribution is 2.31.